The molecule has 124 valence electrons. The molecule has 0 unspecified atom stereocenters. The van der Waals surface area contributed by atoms with Crippen molar-refractivity contribution in [3.63, 3.8) is 0 Å². The molecule has 0 saturated carbocycles. The van der Waals surface area contributed by atoms with Gasteiger partial charge in [-0.25, -0.2) is 0 Å². The van der Waals surface area contributed by atoms with E-state index in [1.807, 2.05) is 0 Å². The van der Waals surface area contributed by atoms with Crippen LogP contribution in [0.3, 0.4) is 0 Å². The molecule has 1 aliphatic heterocycles. The Balaban J connectivity index is 2.31. The van der Waals surface area contributed by atoms with E-state index < -0.39 is 4.92 Å². The molecule has 1 saturated heterocycles. The average molecular weight is 381 g/mol. The number of carbonyl (C=O) groups is 1. The van der Waals surface area contributed by atoms with Crippen molar-refractivity contribution < 1.29 is 9.72 Å². The summed E-state index contributed by atoms with van der Waals surface area (Å²) in [7, 11) is 0. The van der Waals surface area contributed by atoms with E-state index in [0.717, 1.165) is 19.3 Å². The Bertz CT molecular complexity index is 634. The number of hydrogen-bond donors (Lipinski definition) is 0. The number of nitro groups is 1. The van der Waals surface area contributed by atoms with Gasteiger partial charge in [-0.05, 0) is 0 Å². The van der Waals surface area contributed by atoms with Crippen LogP contribution in [0.25, 0.3) is 0 Å². The minimum absolute atomic E-state index is 0.0122. The molecule has 2 rings (SSSR count). The minimum atomic E-state index is -0.464. The molecule has 5 nitrogen and oxygen atoms in total. The zero-order chi connectivity index (χ0) is 17.4. The molecule has 23 heavy (non-hydrogen) atoms. The molecule has 0 atom stereocenters. The first kappa shape index (κ1) is 17.8. The number of piperidine rings is 1. The molecular formula is C17H22N2O3Se. The van der Waals surface area contributed by atoms with Crippen LogP contribution in [0.5, 0.6) is 0 Å². The average Bonchev–Trinajstić information content (AvgIpc) is 2.44. The summed E-state index contributed by atoms with van der Waals surface area (Å²) in [6, 6.07) is 5.77. The summed E-state index contributed by atoms with van der Waals surface area (Å²) in [5.74, 6) is -0.122. The van der Waals surface area contributed by atoms with Gasteiger partial charge >= 0.3 is 144 Å². The van der Waals surface area contributed by atoms with Crippen molar-refractivity contribution in [3.05, 3.63) is 39.9 Å². The van der Waals surface area contributed by atoms with E-state index in [-0.39, 0.29) is 22.5 Å². The van der Waals surface area contributed by atoms with Gasteiger partial charge in [0.2, 0.25) is 0 Å². The third-order valence-corrected chi connectivity index (χ3v) is 5.30. The molecule has 0 aromatic heterocycles. The Morgan fingerprint density at radius 3 is 2.04 bits per heavy atom. The van der Waals surface area contributed by atoms with E-state index in [1.165, 1.54) is 24.3 Å². The van der Waals surface area contributed by atoms with E-state index in [2.05, 4.69) is 48.2 Å². The third kappa shape index (κ3) is 3.53. The monoisotopic (exact) mass is 382 g/mol. The van der Waals surface area contributed by atoms with E-state index in [1.54, 1.807) is 0 Å². The summed E-state index contributed by atoms with van der Waals surface area (Å²) >= 11 is 2.95. The fraction of sp³-hybridized carbons (Fsp3) is 0.529. The zero-order valence-electron chi connectivity index (χ0n) is 14.0. The standard InChI is InChI=1S/C17H22N2O3Se/c1-16(2)10-5-11-17(3,4)18(16)15(23)14(20)12-6-8-13(9-7-12)19(21)22/h6-9H,5,10-11H2,1-4H3. The predicted molar refractivity (Wildman–Crippen MR) is 92.0 cm³/mol. The summed E-state index contributed by atoms with van der Waals surface area (Å²) in [6.07, 6.45) is 3.18. The molecular weight excluding hydrogens is 359 g/mol. The Morgan fingerprint density at radius 2 is 1.61 bits per heavy atom. The second-order valence-electron chi connectivity index (χ2n) is 7.25. The number of carbonyl (C=O) groups excluding carboxylic acids is 1. The van der Waals surface area contributed by atoms with Crippen LogP contribution >= 0.6 is 0 Å². The number of rotatable bonds is 4. The van der Waals surface area contributed by atoms with E-state index in [0.29, 0.717) is 10.1 Å². The number of Topliss-reactive ketones (excluding diaryl/α,β-unsaturated/α-hetero) is 1. The number of non-ortho nitro benzene ring substituents is 1. The SMILES string of the molecule is CC1(C)CCCC(C)(C)N1C(=[Se])C(=O)c1ccc([N+](=O)[O-])cc1. The summed E-state index contributed by atoms with van der Waals surface area (Å²) in [5.41, 5.74) is 0.223. The molecule has 1 heterocycles. The van der Waals surface area contributed by atoms with Crippen molar-refractivity contribution in [1.29, 1.82) is 0 Å². The van der Waals surface area contributed by atoms with Gasteiger partial charge in [0.15, 0.2) is 0 Å². The van der Waals surface area contributed by atoms with Gasteiger partial charge in [0, 0.05) is 0 Å². The topological polar surface area (TPSA) is 63.5 Å². The normalized spacial score (nSPS) is 19.2. The molecule has 1 aromatic carbocycles. The maximum absolute atomic E-state index is 12.8. The van der Waals surface area contributed by atoms with Gasteiger partial charge in [0.05, 0.1) is 0 Å². The molecule has 0 aliphatic carbocycles. The first-order chi connectivity index (χ1) is 10.6. The molecule has 1 aliphatic rings. The van der Waals surface area contributed by atoms with Gasteiger partial charge in [0.1, 0.15) is 0 Å². The molecule has 0 N–H and O–H groups in total. The van der Waals surface area contributed by atoms with Crippen molar-refractivity contribution in [1.82, 2.24) is 4.90 Å². The molecule has 1 fully saturated rings. The fourth-order valence-electron chi connectivity index (χ4n) is 3.51. The summed E-state index contributed by atoms with van der Waals surface area (Å²) < 4.78 is 0.577. The Labute approximate surface area is 144 Å². The van der Waals surface area contributed by atoms with Crippen molar-refractivity contribution in [3.8, 4) is 0 Å². The van der Waals surface area contributed by atoms with Crippen LogP contribution in [-0.2, 0) is 0 Å². The van der Waals surface area contributed by atoms with Crippen molar-refractivity contribution >= 4 is 31.6 Å². The second-order valence-corrected chi connectivity index (χ2v) is 8.06. The quantitative estimate of drug-likeness (QED) is 0.348. The molecule has 0 spiro atoms. The number of hydrogen-bond acceptors (Lipinski definition) is 4. The Hall–Kier alpha value is -1.52. The Morgan fingerprint density at radius 1 is 1.13 bits per heavy atom. The van der Waals surface area contributed by atoms with Crippen LogP contribution in [-0.4, -0.2) is 46.8 Å². The van der Waals surface area contributed by atoms with Gasteiger partial charge in [-0.1, -0.05) is 0 Å². The number of nitro benzene ring substituents is 1. The van der Waals surface area contributed by atoms with E-state index in [4.69, 9.17) is 0 Å². The number of ketones is 1. The second kappa shape index (κ2) is 6.17. The number of benzene rings is 1. The van der Waals surface area contributed by atoms with E-state index >= 15 is 0 Å². The van der Waals surface area contributed by atoms with Gasteiger partial charge in [-0.15, -0.1) is 0 Å². The van der Waals surface area contributed by atoms with Crippen molar-refractivity contribution in [2.45, 2.75) is 58.0 Å². The van der Waals surface area contributed by atoms with Crippen LogP contribution in [0, 0.1) is 10.1 Å². The van der Waals surface area contributed by atoms with Crippen LogP contribution in [0.1, 0.15) is 57.3 Å². The van der Waals surface area contributed by atoms with Crippen LogP contribution in [0.4, 0.5) is 5.69 Å². The summed E-state index contributed by atoms with van der Waals surface area (Å²) in [4.78, 5) is 25.3. The fourth-order valence-corrected chi connectivity index (χ4v) is 4.79. The predicted octanol–water partition coefficient (Wildman–Crippen LogP) is 3.12. The molecule has 6 heteroatoms. The van der Waals surface area contributed by atoms with Crippen LogP contribution in [0.2, 0.25) is 0 Å². The van der Waals surface area contributed by atoms with Gasteiger partial charge in [-0.2, -0.15) is 0 Å². The van der Waals surface area contributed by atoms with Crippen LogP contribution in [0.15, 0.2) is 24.3 Å². The van der Waals surface area contributed by atoms with E-state index in [9.17, 15) is 14.9 Å². The molecule has 1 aromatic rings. The third-order valence-electron chi connectivity index (χ3n) is 4.53. The first-order valence-electron chi connectivity index (χ1n) is 7.70. The maximum atomic E-state index is 12.8. The first-order valence-corrected chi connectivity index (χ1v) is 8.55. The number of nitrogens with zero attached hydrogens (tertiary/aromatic N) is 2. The molecule has 0 radical (unpaired) electrons. The van der Waals surface area contributed by atoms with Gasteiger partial charge < -0.3 is 0 Å². The van der Waals surface area contributed by atoms with Gasteiger partial charge in [-0.3, -0.25) is 0 Å². The molecule has 0 amide bonds. The van der Waals surface area contributed by atoms with Gasteiger partial charge in [0.25, 0.3) is 0 Å². The van der Waals surface area contributed by atoms with Crippen molar-refractivity contribution in [2.24, 2.45) is 0 Å². The molecule has 0 bridgehead atoms. The zero-order valence-corrected chi connectivity index (χ0v) is 15.7. The summed E-state index contributed by atoms with van der Waals surface area (Å²) in [6.45, 7) is 8.59. The number of likely N-dealkylation sites (tertiary alicyclic amines) is 1. The summed E-state index contributed by atoms with van der Waals surface area (Å²) in [5, 5.41) is 10.7. The van der Waals surface area contributed by atoms with Crippen molar-refractivity contribution in [2.75, 3.05) is 0 Å². The Kier molecular flexibility index (Phi) is 4.78. The van der Waals surface area contributed by atoms with Crippen LogP contribution < -0.4 is 0 Å².